The second-order valence-corrected chi connectivity index (χ2v) is 7.66. The highest BCUT2D eigenvalue weighted by atomic mass is 16.3. The van der Waals surface area contributed by atoms with Gasteiger partial charge in [0.05, 0.1) is 11.7 Å². The van der Waals surface area contributed by atoms with Crippen LogP contribution < -0.4 is 21.7 Å². The highest BCUT2D eigenvalue weighted by Crippen LogP contribution is 2.21. The van der Waals surface area contributed by atoms with Crippen molar-refractivity contribution in [3.63, 3.8) is 0 Å². The van der Waals surface area contributed by atoms with Gasteiger partial charge in [0.2, 0.25) is 0 Å². The molecule has 27 heavy (non-hydrogen) atoms. The first-order valence-electron chi connectivity index (χ1n) is 10.1. The lowest BCUT2D eigenvalue weighted by atomic mass is 9.96. The van der Waals surface area contributed by atoms with E-state index >= 15 is 0 Å². The minimum absolute atomic E-state index is 0.0445. The molecule has 0 radical (unpaired) electrons. The van der Waals surface area contributed by atoms with Gasteiger partial charge in [-0.1, -0.05) is 19.8 Å². The number of carbonyl (C=O) groups is 1. The molecule has 152 valence electrons. The van der Waals surface area contributed by atoms with Gasteiger partial charge in [0, 0.05) is 37.4 Å². The van der Waals surface area contributed by atoms with Crippen molar-refractivity contribution in [1.82, 2.24) is 15.6 Å². The summed E-state index contributed by atoms with van der Waals surface area (Å²) in [5.74, 6) is 0.316. The molecule has 0 aromatic carbocycles. The van der Waals surface area contributed by atoms with Gasteiger partial charge in [-0.2, -0.15) is 0 Å². The number of aliphatic hydroxyl groups is 1. The first-order chi connectivity index (χ1) is 12.9. The Labute approximate surface area is 162 Å². The van der Waals surface area contributed by atoms with Crippen LogP contribution in [-0.4, -0.2) is 47.4 Å². The van der Waals surface area contributed by atoms with Crippen molar-refractivity contribution in [3.05, 3.63) is 23.4 Å². The molecule has 3 atom stereocenters. The SMILES string of the molecule is CCC(NC1CCCC1)C(CO)CNc1ncc(C)cc1C(=O)NC(C)N. The summed E-state index contributed by atoms with van der Waals surface area (Å²) in [6.07, 6.45) is 7.22. The fraction of sp³-hybridized carbons (Fsp3) is 0.700. The van der Waals surface area contributed by atoms with Crippen molar-refractivity contribution in [2.75, 3.05) is 18.5 Å². The quantitative estimate of drug-likeness (QED) is 0.397. The molecule has 2 rings (SSSR count). The number of anilines is 1. The Morgan fingerprint density at radius 3 is 2.70 bits per heavy atom. The molecule has 1 aromatic heterocycles. The molecule has 1 saturated carbocycles. The zero-order valence-electron chi connectivity index (χ0n) is 16.8. The van der Waals surface area contributed by atoms with Gasteiger partial charge in [0.1, 0.15) is 5.82 Å². The van der Waals surface area contributed by atoms with Crippen molar-refractivity contribution in [2.24, 2.45) is 11.7 Å². The van der Waals surface area contributed by atoms with E-state index in [-0.39, 0.29) is 24.5 Å². The Balaban J connectivity index is 2.04. The topological polar surface area (TPSA) is 112 Å². The Kier molecular flexibility index (Phi) is 8.47. The van der Waals surface area contributed by atoms with E-state index in [9.17, 15) is 9.90 Å². The lowest BCUT2D eigenvalue weighted by Gasteiger charge is -2.29. The van der Waals surface area contributed by atoms with Crippen molar-refractivity contribution in [2.45, 2.75) is 71.1 Å². The number of rotatable bonds is 10. The molecular formula is C20H35N5O2. The number of pyridine rings is 1. The minimum Gasteiger partial charge on any atom is -0.396 e. The van der Waals surface area contributed by atoms with E-state index in [1.807, 2.05) is 6.92 Å². The van der Waals surface area contributed by atoms with Gasteiger partial charge in [0.25, 0.3) is 5.91 Å². The van der Waals surface area contributed by atoms with E-state index in [1.54, 1.807) is 19.2 Å². The van der Waals surface area contributed by atoms with Crippen molar-refractivity contribution >= 4 is 11.7 Å². The molecule has 0 saturated heterocycles. The van der Waals surface area contributed by atoms with Crippen LogP contribution in [0.15, 0.2) is 12.3 Å². The Bertz CT molecular complexity index is 602. The largest absolute Gasteiger partial charge is 0.396 e. The third-order valence-corrected chi connectivity index (χ3v) is 5.21. The first-order valence-corrected chi connectivity index (χ1v) is 10.1. The Hall–Kier alpha value is -1.70. The second kappa shape index (κ2) is 10.6. The molecule has 7 nitrogen and oxygen atoms in total. The number of amides is 1. The predicted molar refractivity (Wildman–Crippen MR) is 109 cm³/mol. The molecule has 0 spiro atoms. The van der Waals surface area contributed by atoms with Crippen LogP contribution in [0, 0.1) is 12.8 Å². The molecule has 1 heterocycles. The zero-order chi connectivity index (χ0) is 19.8. The molecular weight excluding hydrogens is 342 g/mol. The monoisotopic (exact) mass is 377 g/mol. The highest BCUT2D eigenvalue weighted by molar-refractivity contribution is 5.99. The number of nitrogens with zero attached hydrogens (tertiary/aromatic N) is 1. The number of nitrogens with two attached hydrogens (primary N) is 1. The van der Waals surface area contributed by atoms with E-state index in [1.165, 1.54) is 25.7 Å². The third kappa shape index (κ3) is 6.45. The van der Waals surface area contributed by atoms with Gasteiger partial charge in [-0.15, -0.1) is 0 Å². The highest BCUT2D eigenvalue weighted by Gasteiger charge is 2.25. The van der Waals surface area contributed by atoms with Crippen LogP contribution in [0.2, 0.25) is 0 Å². The smallest absolute Gasteiger partial charge is 0.256 e. The molecule has 7 heteroatoms. The summed E-state index contributed by atoms with van der Waals surface area (Å²) in [5.41, 5.74) is 7.06. The zero-order valence-corrected chi connectivity index (χ0v) is 16.8. The summed E-state index contributed by atoms with van der Waals surface area (Å²) in [7, 11) is 0. The van der Waals surface area contributed by atoms with Gasteiger partial charge >= 0.3 is 0 Å². The number of carbonyl (C=O) groups excluding carboxylic acids is 1. The average Bonchev–Trinajstić information content (AvgIpc) is 3.14. The van der Waals surface area contributed by atoms with Crippen LogP contribution in [0.25, 0.3) is 0 Å². The Morgan fingerprint density at radius 2 is 2.11 bits per heavy atom. The summed E-state index contributed by atoms with van der Waals surface area (Å²) in [6, 6.07) is 2.58. The lowest BCUT2D eigenvalue weighted by molar-refractivity contribution is 0.0941. The molecule has 1 aliphatic carbocycles. The van der Waals surface area contributed by atoms with Gasteiger partial charge in [-0.3, -0.25) is 4.79 Å². The standard InChI is InChI=1S/C20H35N5O2/c1-4-18(25-16-7-5-6-8-16)15(12-26)11-23-19-17(9-13(2)10-22-19)20(27)24-14(3)21/h9-10,14-16,18,25-26H,4-8,11-12,21H2,1-3H3,(H,22,23)(H,24,27). The molecule has 0 aliphatic heterocycles. The van der Waals surface area contributed by atoms with Crippen LogP contribution in [0.5, 0.6) is 0 Å². The maximum atomic E-state index is 12.4. The molecule has 6 N–H and O–H groups in total. The number of aromatic nitrogens is 1. The van der Waals surface area contributed by atoms with Crippen molar-refractivity contribution < 1.29 is 9.90 Å². The molecule has 0 bridgehead atoms. The molecule has 1 amide bonds. The van der Waals surface area contributed by atoms with E-state index < -0.39 is 6.17 Å². The normalized spacial score (nSPS) is 18.1. The minimum atomic E-state index is -0.434. The Morgan fingerprint density at radius 1 is 1.41 bits per heavy atom. The van der Waals surface area contributed by atoms with Crippen LogP contribution >= 0.6 is 0 Å². The van der Waals surface area contributed by atoms with Crippen LogP contribution in [0.3, 0.4) is 0 Å². The average molecular weight is 378 g/mol. The second-order valence-electron chi connectivity index (χ2n) is 7.66. The van der Waals surface area contributed by atoms with Crippen LogP contribution in [-0.2, 0) is 0 Å². The summed E-state index contributed by atoms with van der Waals surface area (Å²) < 4.78 is 0. The van der Waals surface area contributed by atoms with E-state index in [2.05, 4.69) is 27.9 Å². The van der Waals surface area contributed by atoms with Crippen molar-refractivity contribution in [1.29, 1.82) is 0 Å². The van der Waals surface area contributed by atoms with E-state index in [4.69, 9.17) is 5.73 Å². The summed E-state index contributed by atoms with van der Waals surface area (Å²) in [6.45, 7) is 6.38. The molecule has 1 aliphatic rings. The van der Waals surface area contributed by atoms with Crippen molar-refractivity contribution in [3.8, 4) is 0 Å². The van der Waals surface area contributed by atoms with E-state index in [0.29, 0.717) is 24.0 Å². The number of hydrogen-bond acceptors (Lipinski definition) is 6. The maximum Gasteiger partial charge on any atom is 0.256 e. The first kappa shape index (κ1) is 21.6. The van der Waals surface area contributed by atoms with Crippen LogP contribution in [0.4, 0.5) is 5.82 Å². The molecule has 3 unspecified atom stereocenters. The predicted octanol–water partition coefficient (Wildman–Crippen LogP) is 1.76. The lowest BCUT2D eigenvalue weighted by Crippen LogP contribution is -2.45. The van der Waals surface area contributed by atoms with Gasteiger partial charge in [0.15, 0.2) is 0 Å². The number of aliphatic hydroxyl groups excluding tert-OH is 1. The molecule has 1 aromatic rings. The third-order valence-electron chi connectivity index (χ3n) is 5.21. The number of nitrogens with one attached hydrogen (secondary N) is 3. The van der Waals surface area contributed by atoms with Gasteiger partial charge in [-0.05, 0) is 44.7 Å². The van der Waals surface area contributed by atoms with Gasteiger partial charge < -0.3 is 26.8 Å². The maximum absolute atomic E-state index is 12.4. The number of hydrogen-bond donors (Lipinski definition) is 5. The van der Waals surface area contributed by atoms with Crippen LogP contribution in [0.1, 0.15) is 61.9 Å². The summed E-state index contributed by atoms with van der Waals surface area (Å²) >= 11 is 0. The fourth-order valence-electron chi connectivity index (χ4n) is 3.71. The van der Waals surface area contributed by atoms with Gasteiger partial charge in [-0.25, -0.2) is 4.98 Å². The summed E-state index contributed by atoms with van der Waals surface area (Å²) in [4.78, 5) is 16.8. The molecule has 1 fully saturated rings. The number of aryl methyl sites for hydroxylation is 1. The fourth-order valence-corrected chi connectivity index (χ4v) is 3.71. The summed E-state index contributed by atoms with van der Waals surface area (Å²) in [5, 5.41) is 19.6. The van der Waals surface area contributed by atoms with E-state index in [0.717, 1.165) is 12.0 Å².